The summed E-state index contributed by atoms with van der Waals surface area (Å²) < 4.78 is 0. The Morgan fingerprint density at radius 2 is 1.76 bits per heavy atom. The van der Waals surface area contributed by atoms with Crippen molar-refractivity contribution in [2.45, 2.75) is 20.3 Å². The summed E-state index contributed by atoms with van der Waals surface area (Å²) in [6.45, 7) is 4.05. The van der Waals surface area contributed by atoms with E-state index in [0.717, 1.165) is 23.4 Å². The Balaban J connectivity index is 1.70. The molecule has 0 fully saturated rings. The van der Waals surface area contributed by atoms with E-state index in [1.54, 1.807) is 12.3 Å². The zero-order valence-corrected chi connectivity index (χ0v) is 14.4. The van der Waals surface area contributed by atoms with Gasteiger partial charge >= 0.3 is 0 Å². The van der Waals surface area contributed by atoms with Gasteiger partial charge in [-0.2, -0.15) is 0 Å². The molecule has 3 rings (SSSR count). The Hall–Kier alpha value is -3.14. The third-order valence-electron chi connectivity index (χ3n) is 4.07. The molecule has 2 N–H and O–H groups in total. The molecule has 0 aliphatic heterocycles. The van der Waals surface area contributed by atoms with Gasteiger partial charge in [-0.25, -0.2) is 4.98 Å². The van der Waals surface area contributed by atoms with Crippen LogP contribution in [0.4, 0.5) is 17.2 Å². The highest BCUT2D eigenvalue weighted by Crippen LogP contribution is 2.21. The fourth-order valence-corrected chi connectivity index (χ4v) is 2.66. The van der Waals surface area contributed by atoms with Crippen LogP contribution in [0.3, 0.4) is 0 Å². The van der Waals surface area contributed by atoms with Gasteiger partial charge in [-0.05, 0) is 48.7 Å². The molecule has 0 aliphatic rings. The number of hydrogen-bond donors (Lipinski definition) is 2. The highest BCUT2D eigenvalue weighted by atomic mass is 16.1. The number of para-hydroxylation sites is 1. The van der Waals surface area contributed by atoms with Crippen LogP contribution in [-0.4, -0.2) is 10.9 Å². The van der Waals surface area contributed by atoms with Gasteiger partial charge in [0.25, 0.3) is 5.91 Å². The van der Waals surface area contributed by atoms with Gasteiger partial charge in [-0.1, -0.05) is 43.3 Å². The Bertz CT molecular complexity index is 872. The van der Waals surface area contributed by atoms with Crippen LogP contribution in [0.1, 0.15) is 28.4 Å². The van der Waals surface area contributed by atoms with Crippen molar-refractivity contribution in [3.8, 4) is 0 Å². The Labute approximate surface area is 147 Å². The summed E-state index contributed by atoms with van der Waals surface area (Å²) in [6.07, 6.45) is 2.68. The molecule has 4 nitrogen and oxygen atoms in total. The predicted molar refractivity (Wildman–Crippen MR) is 102 cm³/mol. The summed E-state index contributed by atoms with van der Waals surface area (Å²) in [5.74, 6) is 0.380. The standard InChI is InChI=1S/C21H21N3O/c1-3-16-9-5-7-11-19(16)23-17-12-13-20(22-14-17)24-21(25)18-10-6-4-8-15(18)2/h4-14,23H,3H2,1-2H3,(H,22,24,25). The minimum absolute atomic E-state index is 0.150. The summed E-state index contributed by atoms with van der Waals surface area (Å²) in [7, 11) is 0. The molecule has 4 heteroatoms. The van der Waals surface area contributed by atoms with Gasteiger partial charge in [0.15, 0.2) is 0 Å². The molecular formula is C21H21N3O. The van der Waals surface area contributed by atoms with Crippen molar-refractivity contribution in [3.63, 3.8) is 0 Å². The second kappa shape index (κ2) is 7.62. The zero-order chi connectivity index (χ0) is 17.6. The number of nitrogens with one attached hydrogen (secondary N) is 2. The SMILES string of the molecule is CCc1ccccc1Nc1ccc(NC(=O)c2ccccc2C)nc1. The molecule has 0 aliphatic carbocycles. The lowest BCUT2D eigenvalue weighted by molar-refractivity contribution is 0.102. The van der Waals surface area contributed by atoms with Crippen molar-refractivity contribution in [1.82, 2.24) is 4.98 Å². The lowest BCUT2D eigenvalue weighted by Crippen LogP contribution is -2.14. The molecule has 1 amide bonds. The predicted octanol–water partition coefficient (Wildman–Crippen LogP) is 4.95. The molecule has 3 aromatic rings. The number of carbonyl (C=O) groups is 1. The number of aromatic nitrogens is 1. The molecule has 0 atom stereocenters. The molecule has 0 unspecified atom stereocenters. The summed E-state index contributed by atoms with van der Waals surface area (Å²) in [5, 5.41) is 6.20. The van der Waals surface area contributed by atoms with Gasteiger partial charge < -0.3 is 10.6 Å². The van der Waals surface area contributed by atoms with Gasteiger partial charge in [0.1, 0.15) is 5.82 Å². The summed E-state index contributed by atoms with van der Waals surface area (Å²) >= 11 is 0. The van der Waals surface area contributed by atoms with Gasteiger partial charge in [0, 0.05) is 11.3 Å². The lowest BCUT2D eigenvalue weighted by atomic mass is 10.1. The maximum atomic E-state index is 12.3. The van der Waals surface area contributed by atoms with E-state index >= 15 is 0 Å². The molecular weight excluding hydrogens is 310 g/mol. The number of nitrogens with zero attached hydrogens (tertiary/aromatic N) is 1. The molecule has 0 saturated carbocycles. The topological polar surface area (TPSA) is 54.0 Å². The van der Waals surface area contributed by atoms with E-state index in [1.165, 1.54) is 5.56 Å². The normalized spacial score (nSPS) is 10.3. The van der Waals surface area contributed by atoms with Gasteiger partial charge in [-0.15, -0.1) is 0 Å². The van der Waals surface area contributed by atoms with E-state index < -0.39 is 0 Å². The zero-order valence-electron chi connectivity index (χ0n) is 14.4. The highest BCUT2D eigenvalue weighted by Gasteiger charge is 2.09. The number of benzene rings is 2. The third kappa shape index (κ3) is 4.04. The van der Waals surface area contributed by atoms with Crippen molar-refractivity contribution in [1.29, 1.82) is 0 Å². The van der Waals surface area contributed by atoms with Crippen LogP contribution in [0.25, 0.3) is 0 Å². The van der Waals surface area contributed by atoms with Crippen LogP contribution >= 0.6 is 0 Å². The fourth-order valence-electron chi connectivity index (χ4n) is 2.66. The van der Waals surface area contributed by atoms with Crippen LogP contribution in [0.15, 0.2) is 66.9 Å². The number of hydrogen-bond acceptors (Lipinski definition) is 3. The van der Waals surface area contributed by atoms with Crippen molar-refractivity contribution in [2.75, 3.05) is 10.6 Å². The molecule has 126 valence electrons. The Morgan fingerprint density at radius 3 is 2.48 bits per heavy atom. The van der Waals surface area contributed by atoms with E-state index in [4.69, 9.17) is 0 Å². The van der Waals surface area contributed by atoms with E-state index in [-0.39, 0.29) is 5.91 Å². The summed E-state index contributed by atoms with van der Waals surface area (Å²) in [6, 6.07) is 19.4. The Morgan fingerprint density at radius 1 is 1.00 bits per heavy atom. The molecule has 0 spiro atoms. The van der Waals surface area contributed by atoms with Crippen LogP contribution in [0.2, 0.25) is 0 Å². The Kier molecular flexibility index (Phi) is 5.09. The monoisotopic (exact) mass is 331 g/mol. The molecule has 25 heavy (non-hydrogen) atoms. The fraction of sp³-hybridized carbons (Fsp3) is 0.143. The minimum atomic E-state index is -0.150. The molecule has 1 heterocycles. The quantitative estimate of drug-likeness (QED) is 0.695. The van der Waals surface area contributed by atoms with Gasteiger partial charge in [-0.3, -0.25) is 4.79 Å². The van der Waals surface area contributed by atoms with E-state index in [2.05, 4.69) is 28.6 Å². The number of aryl methyl sites for hydroxylation is 2. The number of carbonyl (C=O) groups excluding carboxylic acids is 1. The lowest BCUT2D eigenvalue weighted by Gasteiger charge is -2.11. The van der Waals surface area contributed by atoms with Gasteiger partial charge in [0.2, 0.25) is 0 Å². The first-order chi connectivity index (χ1) is 12.2. The first-order valence-electron chi connectivity index (χ1n) is 8.35. The molecule has 0 radical (unpaired) electrons. The summed E-state index contributed by atoms with van der Waals surface area (Å²) in [5.41, 5.74) is 4.80. The van der Waals surface area contributed by atoms with Crippen molar-refractivity contribution < 1.29 is 4.79 Å². The van der Waals surface area contributed by atoms with Gasteiger partial charge in [0.05, 0.1) is 11.9 Å². The van der Waals surface area contributed by atoms with Crippen LogP contribution < -0.4 is 10.6 Å². The van der Waals surface area contributed by atoms with Crippen molar-refractivity contribution >= 4 is 23.1 Å². The second-order valence-electron chi connectivity index (χ2n) is 5.84. The van der Waals surface area contributed by atoms with Crippen LogP contribution in [-0.2, 0) is 6.42 Å². The molecule has 2 aromatic carbocycles. The van der Waals surface area contributed by atoms with Crippen LogP contribution in [0, 0.1) is 6.92 Å². The largest absolute Gasteiger partial charge is 0.354 e. The van der Waals surface area contributed by atoms with E-state index in [1.807, 2.05) is 55.5 Å². The minimum Gasteiger partial charge on any atom is -0.354 e. The third-order valence-corrected chi connectivity index (χ3v) is 4.07. The smallest absolute Gasteiger partial charge is 0.257 e. The number of rotatable bonds is 5. The van der Waals surface area contributed by atoms with Crippen molar-refractivity contribution in [3.05, 3.63) is 83.6 Å². The molecule has 0 saturated heterocycles. The maximum Gasteiger partial charge on any atom is 0.257 e. The summed E-state index contributed by atoms with van der Waals surface area (Å²) in [4.78, 5) is 16.7. The molecule has 1 aromatic heterocycles. The average molecular weight is 331 g/mol. The van der Waals surface area contributed by atoms with Crippen LogP contribution in [0.5, 0.6) is 0 Å². The first-order valence-corrected chi connectivity index (χ1v) is 8.35. The highest BCUT2D eigenvalue weighted by molar-refractivity contribution is 6.04. The average Bonchev–Trinajstić information content (AvgIpc) is 2.64. The molecule has 0 bridgehead atoms. The number of anilines is 3. The number of pyridine rings is 1. The number of amides is 1. The second-order valence-corrected chi connectivity index (χ2v) is 5.84. The van der Waals surface area contributed by atoms with E-state index in [9.17, 15) is 4.79 Å². The van der Waals surface area contributed by atoms with Crippen molar-refractivity contribution in [2.24, 2.45) is 0 Å². The first kappa shape index (κ1) is 16.7. The maximum absolute atomic E-state index is 12.3. The van der Waals surface area contributed by atoms with E-state index in [0.29, 0.717) is 11.4 Å².